The number of fused-ring (bicyclic) bond motifs is 1. The number of likely N-dealkylation sites (tertiary alicyclic amines) is 1. The van der Waals surface area contributed by atoms with Gasteiger partial charge in [0.25, 0.3) is 5.91 Å². The number of aryl methyl sites for hydroxylation is 1. The predicted molar refractivity (Wildman–Crippen MR) is 114 cm³/mol. The van der Waals surface area contributed by atoms with Crippen molar-refractivity contribution >= 4 is 43.2 Å². The molecule has 2 aromatic rings. The number of para-hydroxylation sites is 1. The molecule has 3 rings (SSSR count). The minimum absolute atomic E-state index is 0.0916. The number of aromatic nitrogens is 1. The largest absolute Gasteiger partial charge is 0.339 e. The van der Waals surface area contributed by atoms with Gasteiger partial charge in [0.05, 0.1) is 10.2 Å². The summed E-state index contributed by atoms with van der Waals surface area (Å²) in [5.41, 5.74) is 0.959. The molecule has 1 fully saturated rings. The number of hydrogen-bond acceptors (Lipinski definition) is 5. The SMILES string of the molecule is CCC1CCCCN1C(=O)CS(=O)(=O)CC(=O)N=c1sc2ccccc2n1CC. The molecule has 0 aliphatic carbocycles. The molecule has 158 valence electrons. The van der Waals surface area contributed by atoms with Crippen LogP contribution in [-0.4, -0.2) is 53.8 Å². The molecule has 0 bridgehead atoms. The minimum Gasteiger partial charge on any atom is -0.339 e. The lowest BCUT2D eigenvalue weighted by Gasteiger charge is -2.35. The van der Waals surface area contributed by atoms with Crippen LogP contribution in [0.2, 0.25) is 0 Å². The van der Waals surface area contributed by atoms with Crippen molar-refractivity contribution in [1.29, 1.82) is 0 Å². The fourth-order valence-corrected chi connectivity index (χ4v) is 6.01. The van der Waals surface area contributed by atoms with Crippen molar-refractivity contribution in [3.8, 4) is 0 Å². The number of piperidine rings is 1. The number of sulfone groups is 1. The van der Waals surface area contributed by atoms with E-state index >= 15 is 0 Å². The molecule has 29 heavy (non-hydrogen) atoms. The Morgan fingerprint density at radius 3 is 2.66 bits per heavy atom. The van der Waals surface area contributed by atoms with Crippen LogP contribution in [-0.2, 0) is 26.0 Å². The van der Waals surface area contributed by atoms with Crippen LogP contribution in [0.25, 0.3) is 10.2 Å². The lowest BCUT2D eigenvalue weighted by atomic mass is 10.0. The molecule has 2 amide bonds. The topological polar surface area (TPSA) is 88.8 Å². The second-order valence-corrected chi connectivity index (χ2v) is 10.4. The summed E-state index contributed by atoms with van der Waals surface area (Å²) in [6.45, 7) is 5.15. The third-order valence-electron chi connectivity index (χ3n) is 5.23. The first-order valence-corrected chi connectivity index (χ1v) is 12.6. The van der Waals surface area contributed by atoms with E-state index in [2.05, 4.69) is 4.99 Å². The molecular weight excluding hydrogens is 410 g/mol. The number of nitrogens with zero attached hydrogens (tertiary/aromatic N) is 3. The molecule has 2 heterocycles. The highest BCUT2D eigenvalue weighted by molar-refractivity contribution is 7.92. The standard InChI is InChI=1S/C20H27N3O4S2/c1-3-15-9-7-8-12-23(15)19(25)14-29(26,27)13-18(24)21-20-22(4-2)16-10-5-6-11-17(16)28-20/h5-6,10-11,15H,3-4,7-9,12-14H2,1-2H3. The average Bonchev–Trinajstić information content (AvgIpc) is 3.03. The molecule has 1 aliphatic rings. The van der Waals surface area contributed by atoms with Gasteiger partial charge < -0.3 is 9.47 Å². The highest BCUT2D eigenvalue weighted by atomic mass is 32.2. The summed E-state index contributed by atoms with van der Waals surface area (Å²) in [4.78, 5) is 31.1. The molecule has 1 aliphatic heterocycles. The number of hydrogen-bond donors (Lipinski definition) is 0. The van der Waals surface area contributed by atoms with Crippen LogP contribution in [0.5, 0.6) is 0 Å². The van der Waals surface area contributed by atoms with Gasteiger partial charge in [-0.15, -0.1) is 0 Å². The van der Waals surface area contributed by atoms with Gasteiger partial charge in [0, 0.05) is 19.1 Å². The maximum atomic E-state index is 12.5. The molecule has 9 heteroatoms. The Hall–Kier alpha value is -2.00. The summed E-state index contributed by atoms with van der Waals surface area (Å²) < 4.78 is 27.8. The Bertz CT molecular complexity index is 1070. The third kappa shape index (κ3) is 5.14. The fraction of sp³-hybridized carbons (Fsp3) is 0.550. The van der Waals surface area contributed by atoms with Crippen molar-refractivity contribution in [3.63, 3.8) is 0 Å². The van der Waals surface area contributed by atoms with Gasteiger partial charge in [0.2, 0.25) is 5.91 Å². The molecule has 0 saturated carbocycles. The van der Waals surface area contributed by atoms with E-state index in [-0.39, 0.29) is 6.04 Å². The van der Waals surface area contributed by atoms with E-state index in [1.807, 2.05) is 42.7 Å². The molecule has 1 unspecified atom stereocenters. The smallest absolute Gasteiger partial charge is 0.263 e. The second kappa shape index (κ2) is 9.21. The van der Waals surface area contributed by atoms with Gasteiger partial charge in [0.1, 0.15) is 11.5 Å². The normalized spacial score (nSPS) is 18.3. The monoisotopic (exact) mass is 437 g/mol. The highest BCUT2D eigenvalue weighted by Crippen LogP contribution is 2.20. The Balaban J connectivity index is 1.74. The molecular formula is C20H27N3O4S2. The van der Waals surface area contributed by atoms with Crippen molar-refractivity contribution in [1.82, 2.24) is 9.47 Å². The zero-order chi connectivity index (χ0) is 21.0. The third-order valence-corrected chi connectivity index (χ3v) is 7.66. The van der Waals surface area contributed by atoms with Gasteiger partial charge in [-0.1, -0.05) is 30.4 Å². The number of amides is 2. The van der Waals surface area contributed by atoms with Crippen LogP contribution in [0.1, 0.15) is 39.5 Å². The number of benzene rings is 1. The van der Waals surface area contributed by atoms with E-state index in [4.69, 9.17) is 0 Å². The molecule has 0 radical (unpaired) electrons. The molecule has 0 spiro atoms. The Kier molecular flexibility index (Phi) is 6.89. The highest BCUT2D eigenvalue weighted by Gasteiger charge is 2.29. The molecule has 1 aromatic heterocycles. The summed E-state index contributed by atoms with van der Waals surface area (Å²) in [6.07, 6.45) is 3.65. The Morgan fingerprint density at radius 2 is 1.93 bits per heavy atom. The first kappa shape index (κ1) is 21.7. The molecule has 0 N–H and O–H groups in total. The number of carbonyl (C=O) groups excluding carboxylic acids is 2. The van der Waals surface area contributed by atoms with E-state index in [9.17, 15) is 18.0 Å². The maximum absolute atomic E-state index is 12.5. The Morgan fingerprint density at radius 1 is 1.17 bits per heavy atom. The molecule has 1 aromatic carbocycles. The zero-order valence-electron chi connectivity index (χ0n) is 16.8. The van der Waals surface area contributed by atoms with Crippen LogP contribution >= 0.6 is 11.3 Å². The first-order chi connectivity index (χ1) is 13.8. The number of rotatable bonds is 6. The van der Waals surface area contributed by atoms with Crippen molar-refractivity contribution in [2.24, 2.45) is 4.99 Å². The molecule has 1 saturated heterocycles. The molecule has 7 nitrogen and oxygen atoms in total. The summed E-state index contributed by atoms with van der Waals surface area (Å²) in [5, 5.41) is 0. The van der Waals surface area contributed by atoms with E-state index in [1.165, 1.54) is 11.3 Å². The van der Waals surface area contributed by atoms with Crippen molar-refractivity contribution < 1.29 is 18.0 Å². The zero-order valence-corrected chi connectivity index (χ0v) is 18.5. The van der Waals surface area contributed by atoms with Gasteiger partial charge >= 0.3 is 0 Å². The quantitative estimate of drug-likeness (QED) is 0.694. The van der Waals surface area contributed by atoms with Gasteiger partial charge in [0.15, 0.2) is 14.6 Å². The predicted octanol–water partition coefficient (Wildman–Crippen LogP) is 2.36. The van der Waals surface area contributed by atoms with Crippen LogP contribution in [0, 0.1) is 0 Å². The average molecular weight is 438 g/mol. The van der Waals surface area contributed by atoms with Gasteiger partial charge in [-0.25, -0.2) is 8.42 Å². The van der Waals surface area contributed by atoms with E-state index in [0.717, 1.165) is 35.9 Å². The van der Waals surface area contributed by atoms with Crippen molar-refractivity contribution in [3.05, 3.63) is 29.1 Å². The molecule has 1 atom stereocenters. The summed E-state index contributed by atoms with van der Waals surface area (Å²) >= 11 is 1.35. The van der Waals surface area contributed by atoms with Crippen LogP contribution in [0.4, 0.5) is 0 Å². The van der Waals surface area contributed by atoms with Gasteiger partial charge in [-0.05, 0) is 44.7 Å². The van der Waals surface area contributed by atoms with E-state index in [0.29, 0.717) is 17.9 Å². The van der Waals surface area contributed by atoms with Crippen LogP contribution in [0.15, 0.2) is 29.3 Å². The van der Waals surface area contributed by atoms with E-state index in [1.54, 1.807) is 4.90 Å². The fourth-order valence-electron chi connectivity index (χ4n) is 3.81. The summed E-state index contributed by atoms with van der Waals surface area (Å²) in [7, 11) is -3.87. The maximum Gasteiger partial charge on any atom is 0.263 e. The number of thiazole rings is 1. The van der Waals surface area contributed by atoms with Crippen LogP contribution < -0.4 is 4.80 Å². The first-order valence-electron chi connectivity index (χ1n) is 10.0. The van der Waals surface area contributed by atoms with E-state index < -0.39 is 33.2 Å². The number of carbonyl (C=O) groups is 2. The minimum atomic E-state index is -3.87. The van der Waals surface area contributed by atoms with Crippen LogP contribution in [0.3, 0.4) is 0 Å². The summed E-state index contributed by atoms with van der Waals surface area (Å²) in [5.74, 6) is -2.53. The van der Waals surface area contributed by atoms with Gasteiger partial charge in [-0.2, -0.15) is 4.99 Å². The van der Waals surface area contributed by atoms with Crippen molar-refractivity contribution in [2.75, 3.05) is 18.1 Å². The summed E-state index contributed by atoms with van der Waals surface area (Å²) in [6, 6.07) is 7.79. The second-order valence-electron chi connectivity index (χ2n) is 7.28. The Labute approximate surface area is 175 Å². The lowest BCUT2D eigenvalue weighted by Crippen LogP contribution is -2.46. The van der Waals surface area contributed by atoms with Crippen molar-refractivity contribution in [2.45, 2.75) is 52.1 Å². The van der Waals surface area contributed by atoms with Gasteiger partial charge in [-0.3, -0.25) is 9.59 Å². The lowest BCUT2D eigenvalue weighted by molar-refractivity contribution is -0.132.